The van der Waals surface area contributed by atoms with Crippen LogP contribution in [-0.4, -0.2) is 14.7 Å². The van der Waals surface area contributed by atoms with E-state index >= 15 is 0 Å². The molecule has 5 nitrogen and oxygen atoms in total. The molecule has 2 aromatic carbocycles. The van der Waals surface area contributed by atoms with E-state index in [-0.39, 0.29) is 6.04 Å². The van der Waals surface area contributed by atoms with Gasteiger partial charge >= 0.3 is 0 Å². The Morgan fingerprint density at radius 2 is 1.79 bits per heavy atom. The molecule has 0 saturated heterocycles. The van der Waals surface area contributed by atoms with Crippen molar-refractivity contribution >= 4 is 15.7 Å². The van der Waals surface area contributed by atoms with Gasteiger partial charge in [0.2, 0.25) is 10.0 Å². The number of hydrogen-bond donors (Lipinski definition) is 2. The van der Waals surface area contributed by atoms with Crippen LogP contribution in [0.2, 0.25) is 0 Å². The summed E-state index contributed by atoms with van der Waals surface area (Å²) in [6.45, 7) is 2.72. The number of benzene rings is 2. The fourth-order valence-electron chi connectivity index (χ4n) is 2.34. The van der Waals surface area contributed by atoms with Crippen LogP contribution in [0.4, 0.5) is 5.69 Å². The molecular formula is C18H21N3O2S. The lowest BCUT2D eigenvalue weighted by molar-refractivity contribution is 0.575. The molecule has 126 valence electrons. The molecule has 2 aromatic rings. The minimum Gasteiger partial charge on any atom is -0.306 e. The standard InChI is InChI=1S/C18H21N3O2S/c1-14(17-4-3-5-18(12-17)21-24(2,22)23)20-13-16-8-6-15(7-9-16)10-11-19/h3-9,12,14,20-21H,10,13H2,1-2H3/t14-/m0/s1. The predicted octanol–water partition coefficient (Wildman–Crippen LogP) is 2.97. The number of nitrogens with zero attached hydrogens (tertiary/aromatic N) is 1. The Hall–Kier alpha value is -2.36. The third-order valence-corrected chi connectivity index (χ3v) is 4.21. The van der Waals surface area contributed by atoms with E-state index < -0.39 is 10.0 Å². The van der Waals surface area contributed by atoms with E-state index in [0.29, 0.717) is 18.7 Å². The second-order valence-corrected chi connectivity index (χ2v) is 7.50. The molecular weight excluding hydrogens is 322 g/mol. The van der Waals surface area contributed by atoms with Gasteiger partial charge in [-0.1, -0.05) is 36.4 Å². The molecule has 2 N–H and O–H groups in total. The fraction of sp³-hybridized carbons (Fsp3) is 0.278. The molecule has 0 radical (unpaired) electrons. The molecule has 0 bridgehead atoms. The molecule has 0 amide bonds. The summed E-state index contributed by atoms with van der Waals surface area (Å²) in [4.78, 5) is 0. The molecule has 6 heteroatoms. The fourth-order valence-corrected chi connectivity index (χ4v) is 2.90. The molecule has 0 spiro atoms. The lowest BCUT2D eigenvalue weighted by Crippen LogP contribution is -2.18. The summed E-state index contributed by atoms with van der Waals surface area (Å²) in [5.74, 6) is 0. The number of anilines is 1. The van der Waals surface area contributed by atoms with Gasteiger partial charge in [0.25, 0.3) is 0 Å². The Morgan fingerprint density at radius 1 is 1.12 bits per heavy atom. The van der Waals surface area contributed by atoms with Crippen molar-refractivity contribution in [1.29, 1.82) is 5.26 Å². The average molecular weight is 343 g/mol. The Balaban J connectivity index is 1.98. The van der Waals surface area contributed by atoms with Crippen LogP contribution in [0.25, 0.3) is 0 Å². The van der Waals surface area contributed by atoms with Gasteiger partial charge in [0.1, 0.15) is 0 Å². The molecule has 0 unspecified atom stereocenters. The van der Waals surface area contributed by atoms with Gasteiger partial charge in [0.15, 0.2) is 0 Å². The maximum Gasteiger partial charge on any atom is 0.229 e. The van der Waals surface area contributed by atoms with Crippen LogP contribution >= 0.6 is 0 Å². The highest BCUT2D eigenvalue weighted by molar-refractivity contribution is 7.92. The Bertz CT molecular complexity index is 824. The van der Waals surface area contributed by atoms with E-state index in [2.05, 4.69) is 16.1 Å². The summed E-state index contributed by atoms with van der Waals surface area (Å²) in [5.41, 5.74) is 3.71. The van der Waals surface area contributed by atoms with Gasteiger partial charge in [-0.25, -0.2) is 8.42 Å². The van der Waals surface area contributed by atoms with E-state index in [0.717, 1.165) is 22.9 Å². The maximum absolute atomic E-state index is 11.3. The minimum atomic E-state index is -3.28. The first-order valence-corrected chi connectivity index (χ1v) is 9.52. The normalized spacial score (nSPS) is 12.4. The van der Waals surface area contributed by atoms with Crippen LogP contribution in [0.15, 0.2) is 48.5 Å². The molecule has 24 heavy (non-hydrogen) atoms. The molecule has 0 fully saturated rings. The van der Waals surface area contributed by atoms with Crippen molar-refractivity contribution in [2.75, 3.05) is 11.0 Å². The van der Waals surface area contributed by atoms with E-state index in [1.54, 1.807) is 6.07 Å². The Morgan fingerprint density at radius 3 is 2.42 bits per heavy atom. The lowest BCUT2D eigenvalue weighted by atomic mass is 10.1. The number of nitriles is 1. The van der Waals surface area contributed by atoms with Crippen LogP contribution in [-0.2, 0) is 23.0 Å². The molecule has 0 aromatic heterocycles. The van der Waals surface area contributed by atoms with Crippen molar-refractivity contribution in [3.8, 4) is 6.07 Å². The van der Waals surface area contributed by atoms with Gasteiger partial charge in [-0.15, -0.1) is 0 Å². The third-order valence-electron chi connectivity index (χ3n) is 3.61. The van der Waals surface area contributed by atoms with Crippen molar-refractivity contribution in [2.24, 2.45) is 0 Å². The molecule has 1 atom stereocenters. The minimum absolute atomic E-state index is 0.0742. The largest absolute Gasteiger partial charge is 0.306 e. The topological polar surface area (TPSA) is 82.0 Å². The van der Waals surface area contributed by atoms with Crippen LogP contribution in [0.5, 0.6) is 0 Å². The molecule has 0 heterocycles. The number of sulfonamides is 1. The van der Waals surface area contributed by atoms with Crippen LogP contribution < -0.4 is 10.0 Å². The van der Waals surface area contributed by atoms with Gasteiger partial charge in [0, 0.05) is 18.3 Å². The van der Waals surface area contributed by atoms with E-state index in [1.165, 1.54) is 0 Å². The number of nitrogens with one attached hydrogen (secondary N) is 2. The zero-order chi connectivity index (χ0) is 17.6. The average Bonchev–Trinajstić information content (AvgIpc) is 2.53. The van der Waals surface area contributed by atoms with E-state index in [1.807, 2.05) is 49.4 Å². The van der Waals surface area contributed by atoms with E-state index in [4.69, 9.17) is 5.26 Å². The molecule has 2 rings (SSSR count). The smallest absolute Gasteiger partial charge is 0.229 e. The molecule has 0 saturated carbocycles. The molecule has 0 aliphatic heterocycles. The zero-order valence-electron chi connectivity index (χ0n) is 13.8. The van der Waals surface area contributed by atoms with Gasteiger partial charge < -0.3 is 5.32 Å². The predicted molar refractivity (Wildman–Crippen MR) is 95.9 cm³/mol. The van der Waals surface area contributed by atoms with E-state index in [9.17, 15) is 8.42 Å². The van der Waals surface area contributed by atoms with Gasteiger partial charge in [0.05, 0.1) is 18.7 Å². The van der Waals surface area contributed by atoms with Gasteiger partial charge in [-0.3, -0.25) is 4.72 Å². The molecule has 0 aliphatic carbocycles. The Labute approximate surface area is 143 Å². The first-order chi connectivity index (χ1) is 11.4. The first-order valence-electron chi connectivity index (χ1n) is 7.63. The first kappa shape index (κ1) is 18.0. The second kappa shape index (κ2) is 7.95. The van der Waals surface area contributed by atoms with Crippen LogP contribution in [0.3, 0.4) is 0 Å². The number of hydrogen-bond acceptors (Lipinski definition) is 4. The van der Waals surface area contributed by atoms with Crippen molar-refractivity contribution < 1.29 is 8.42 Å². The van der Waals surface area contributed by atoms with Gasteiger partial charge in [-0.05, 0) is 35.7 Å². The maximum atomic E-state index is 11.3. The highest BCUT2D eigenvalue weighted by Gasteiger charge is 2.08. The summed E-state index contributed by atoms with van der Waals surface area (Å²) >= 11 is 0. The zero-order valence-corrected chi connectivity index (χ0v) is 14.6. The second-order valence-electron chi connectivity index (χ2n) is 5.75. The molecule has 0 aliphatic rings. The van der Waals surface area contributed by atoms with Crippen molar-refractivity contribution in [1.82, 2.24) is 5.32 Å². The van der Waals surface area contributed by atoms with Crippen LogP contribution in [0, 0.1) is 11.3 Å². The monoisotopic (exact) mass is 343 g/mol. The summed E-state index contributed by atoms with van der Waals surface area (Å²) < 4.78 is 25.1. The van der Waals surface area contributed by atoms with Crippen LogP contribution in [0.1, 0.15) is 29.7 Å². The van der Waals surface area contributed by atoms with Gasteiger partial charge in [-0.2, -0.15) is 5.26 Å². The number of rotatable bonds is 7. The quantitative estimate of drug-likeness (QED) is 0.810. The van der Waals surface area contributed by atoms with Crippen molar-refractivity contribution in [3.63, 3.8) is 0 Å². The highest BCUT2D eigenvalue weighted by atomic mass is 32.2. The Kier molecular flexibility index (Phi) is 5.96. The summed E-state index contributed by atoms with van der Waals surface area (Å²) in [6, 6.07) is 17.5. The summed E-state index contributed by atoms with van der Waals surface area (Å²) in [6.07, 6.45) is 1.56. The summed E-state index contributed by atoms with van der Waals surface area (Å²) in [7, 11) is -3.28. The highest BCUT2D eigenvalue weighted by Crippen LogP contribution is 2.18. The lowest BCUT2D eigenvalue weighted by Gasteiger charge is -2.16. The third kappa shape index (κ3) is 5.69. The van der Waals surface area contributed by atoms with Crippen molar-refractivity contribution in [3.05, 3.63) is 65.2 Å². The SMILES string of the molecule is C[C@H](NCc1ccc(CC#N)cc1)c1cccc(NS(C)(=O)=O)c1. The van der Waals surface area contributed by atoms with Crippen molar-refractivity contribution in [2.45, 2.75) is 25.9 Å². The summed E-state index contributed by atoms with van der Waals surface area (Å²) in [5, 5.41) is 12.1.